The molecule has 0 saturated carbocycles. The summed E-state index contributed by atoms with van der Waals surface area (Å²) in [5.41, 5.74) is 8.88. The highest BCUT2D eigenvalue weighted by Gasteiger charge is 2.13. The molecule has 94 valence electrons. The molecule has 18 heavy (non-hydrogen) atoms. The van der Waals surface area contributed by atoms with Crippen LogP contribution in [0.1, 0.15) is 16.9 Å². The second-order valence-electron chi connectivity index (χ2n) is 4.27. The van der Waals surface area contributed by atoms with Gasteiger partial charge in [0, 0.05) is 12.6 Å². The first kappa shape index (κ1) is 12.6. The number of nitrogens with two attached hydrogens (primary N) is 1. The molecule has 0 unspecified atom stereocenters. The number of hydrogen-bond donors (Lipinski definition) is 1. The van der Waals surface area contributed by atoms with Crippen LogP contribution in [0.15, 0.2) is 41.0 Å². The number of furan rings is 1. The Hall–Kier alpha value is -1.81. The summed E-state index contributed by atoms with van der Waals surface area (Å²) in [5, 5.41) is 0. The molecular weight excluding hydrogens is 244 g/mol. The van der Waals surface area contributed by atoms with Crippen LogP contribution >= 0.6 is 12.2 Å². The van der Waals surface area contributed by atoms with Crippen LogP contribution in [0.2, 0.25) is 0 Å². The van der Waals surface area contributed by atoms with Gasteiger partial charge in [0.15, 0.2) is 0 Å². The highest BCUT2D eigenvalue weighted by molar-refractivity contribution is 7.80. The van der Waals surface area contributed by atoms with Crippen LogP contribution in [0.3, 0.4) is 0 Å². The maximum atomic E-state index is 5.78. The number of rotatable bonds is 4. The minimum atomic E-state index is 0.417. The van der Waals surface area contributed by atoms with E-state index in [1.54, 1.807) is 6.26 Å². The van der Waals surface area contributed by atoms with Gasteiger partial charge in [0.1, 0.15) is 10.7 Å². The number of nitrogens with zero attached hydrogens (tertiary/aromatic N) is 1. The van der Waals surface area contributed by atoms with E-state index in [1.165, 1.54) is 0 Å². The Bertz CT molecular complexity index is 549. The lowest BCUT2D eigenvalue weighted by Gasteiger charge is -2.23. The van der Waals surface area contributed by atoms with Crippen molar-refractivity contribution in [3.05, 3.63) is 53.5 Å². The number of thiocarbonyl (C=S) groups is 1. The number of para-hydroxylation sites is 1. The highest BCUT2D eigenvalue weighted by atomic mass is 32.1. The lowest BCUT2D eigenvalue weighted by Crippen LogP contribution is -2.22. The Morgan fingerprint density at radius 3 is 2.72 bits per heavy atom. The zero-order valence-corrected chi connectivity index (χ0v) is 11.3. The van der Waals surface area contributed by atoms with Gasteiger partial charge in [0.2, 0.25) is 0 Å². The summed E-state index contributed by atoms with van der Waals surface area (Å²) in [6.45, 7) is 2.74. The van der Waals surface area contributed by atoms with Crippen LogP contribution in [-0.2, 0) is 6.54 Å². The lowest BCUT2D eigenvalue weighted by atomic mass is 10.1. The molecule has 0 spiro atoms. The van der Waals surface area contributed by atoms with E-state index in [1.807, 2.05) is 31.3 Å². The van der Waals surface area contributed by atoms with Crippen molar-refractivity contribution in [2.45, 2.75) is 13.5 Å². The number of benzene rings is 1. The van der Waals surface area contributed by atoms with Gasteiger partial charge in [-0.15, -0.1) is 0 Å². The maximum Gasteiger partial charge on any atom is 0.123 e. The summed E-state index contributed by atoms with van der Waals surface area (Å²) in [4.78, 5) is 2.52. The van der Waals surface area contributed by atoms with Gasteiger partial charge in [-0.05, 0) is 30.7 Å². The van der Waals surface area contributed by atoms with Crippen molar-refractivity contribution >= 4 is 22.9 Å². The monoisotopic (exact) mass is 260 g/mol. The van der Waals surface area contributed by atoms with Crippen molar-refractivity contribution in [1.29, 1.82) is 0 Å². The van der Waals surface area contributed by atoms with Gasteiger partial charge in [-0.2, -0.15) is 0 Å². The zero-order chi connectivity index (χ0) is 13.1. The summed E-state index contributed by atoms with van der Waals surface area (Å²) in [6.07, 6.45) is 1.68. The van der Waals surface area contributed by atoms with Crippen LogP contribution < -0.4 is 10.6 Å². The Labute approximate surface area is 112 Å². The zero-order valence-electron chi connectivity index (χ0n) is 10.5. The fraction of sp³-hybridized carbons (Fsp3) is 0.214. The average molecular weight is 260 g/mol. The van der Waals surface area contributed by atoms with Crippen LogP contribution in [0.25, 0.3) is 0 Å². The highest BCUT2D eigenvalue weighted by Crippen LogP contribution is 2.25. The first-order chi connectivity index (χ1) is 8.59. The Morgan fingerprint density at radius 2 is 2.11 bits per heavy atom. The Morgan fingerprint density at radius 1 is 1.33 bits per heavy atom. The summed E-state index contributed by atoms with van der Waals surface area (Å²) in [6, 6.07) is 9.80. The second kappa shape index (κ2) is 5.23. The molecule has 0 aliphatic heterocycles. The van der Waals surface area contributed by atoms with Crippen molar-refractivity contribution in [3.8, 4) is 0 Å². The summed E-state index contributed by atoms with van der Waals surface area (Å²) < 4.78 is 5.36. The Balaban J connectivity index is 2.34. The van der Waals surface area contributed by atoms with E-state index >= 15 is 0 Å². The molecule has 2 aromatic rings. The number of anilines is 1. The molecule has 0 atom stereocenters. The predicted octanol–water partition coefficient (Wildman–Crippen LogP) is 2.86. The van der Waals surface area contributed by atoms with Crippen molar-refractivity contribution < 1.29 is 4.42 Å². The van der Waals surface area contributed by atoms with E-state index in [0.717, 1.165) is 22.6 Å². The molecule has 0 amide bonds. The smallest absolute Gasteiger partial charge is 0.123 e. The van der Waals surface area contributed by atoms with Gasteiger partial charge in [0.25, 0.3) is 0 Å². The van der Waals surface area contributed by atoms with Gasteiger partial charge in [-0.3, -0.25) is 0 Å². The molecular formula is C14H16N2OS. The van der Waals surface area contributed by atoms with Crippen molar-refractivity contribution in [3.63, 3.8) is 0 Å². The van der Waals surface area contributed by atoms with E-state index in [4.69, 9.17) is 22.4 Å². The lowest BCUT2D eigenvalue weighted by molar-refractivity contribution is 0.507. The van der Waals surface area contributed by atoms with Crippen LogP contribution in [0.4, 0.5) is 5.69 Å². The van der Waals surface area contributed by atoms with Crippen LogP contribution in [0, 0.1) is 6.92 Å². The fourth-order valence-electron chi connectivity index (χ4n) is 2.08. The molecule has 0 aliphatic rings. The van der Waals surface area contributed by atoms with Crippen molar-refractivity contribution in [1.82, 2.24) is 0 Å². The third-order valence-electron chi connectivity index (χ3n) is 2.86. The largest absolute Gasteiger partial charge is 0.467 e. The Kier molecular flexibility index (Phi) is 3.67. The first-order valence-corrected chi connectivity index (χ1v) is 6.13. The van der Waals surface area contributed by atoms with E-state index in [2.05, 4.69) is 17.9 Å². The average Bonchev–Trinajstić information content (AvgIpc) is 2.81. The normalized spacial score (nSPS) is 10.3. The molecule has 2 N–H and O–H groups in total. The predicted molar refractivity (Wildman–Crippen MR) is 77.9 cm³/mol. The quantitative estimate of drug-likeness (QED) is 0.858. The standard InChI is InChI=1S/C14H16N2OS/c1-10-5-3-7-12(14(15)18)13(10)16(2)9-11-6-4-8-17-11/h3-8H,9H2,1-2H3,(H2,15,18). The molecule has 1 aromatic heterocycles. The van der Waals surface area contributed by atoms with Crippen LogP contribution in [-0.4, -0.2) is 12.0 Å². The van der Waals surface area contributed by atoms with E-state index in [0.29, 0.717) is 11.5 Å². The molecule has 0 saturated heterocycles. The number of aryl methyl sites for hydroxylation is 1. The third kappa shape index (κ3) is 2.54. The van der Waals surface area contributed by atoms with E-state index < -0.39 is 0 Å². The first-order valence-electron chi connectivity index (χ1n) is 5.72. The van der Waals surface area contributed by atoms with Gasteiger partial charge >= 0.3 is 0 Å². The molecule has 4 heteroatoms. The van der Waals surface area contributed by atoms with Gasteiger partial charge in [0.05, 0.1) is 18.5 Å². The van der Waals surface area contributed by atoms with Crippen molar-refractivity contribution in [2.24, 2.45) is 5.73 Å². The molecule has 0 fully saturated rings. The third-order valence-corrected chi connectivity index (χ3v) is 3.08. The molecule has 0 radical (unpaired) electrons. The molecule has 2 rings (SSSR count). The fourth-order valence-corrected chi connectivity index (χ4v) is 2.24. The molecule has 3 nitrogen and oxygen atoms in total. The van der Waals surface area contributed by atoms with Crippen molar-refractivity contribution in [2.75, 3.05) is 11.9 Å². The summed E-state index contributed by atoms with van der Waals surface area (Å²) >= 11 is 5.10. The molecule has 0 bridgehead atoms. The van der Waals surface area contributed by atoms with E-state index in [-0.39, 0.29) is 0 Å². The van der Waals surface area contributed by atoms with Gasteiger partial charge in [-0.1, -0.05) is 24.4 Å². The minimum Gasteiger partial charge on any atom is -0.467 e. The summed E-state index contributed by atoms with van der Waals surface area (Å²) in [5.74, 6) is 0.912. The maximum absolute atomic E-state index is 5.78. The van der Waals surface area contributed by atoms with Gasteiger partial charge in [-0.25, -0.2) is 0 Å². The topological polar surface area (TPSA) is 42.4 Å². The number of hydrogen-bond acceptors (Lipinski definition) is 3. The SMILES string of the molecule is Cc1cccc(C(N)=S)c1N(C)Cc1ccco1. The molecule has 1 heterocycles. The summed E-state index contributed by atoms with van der Waals surface area (Å²) in [7, 11) is 2.01. The minimum absolute atomic E-state index is 0.417. The molecule has 1 aromatic carbocycles. The van der Waals surface area contributed by atoms with E-state index in [9.17, 15) is 0 Å². The van der Waals surface area contributed by atoms with Crippen LogP contribution in [0.5, 0.6) is 0 Å². The molecule has 0 aliphatic carbocycles. The van der Waals surface area contributed by atoms with Gasteiger partial charge < -0.3 is 15.1 Å². The second-order valence-corrected chi connectivity index (χ2v) is 4.71.